The predicted molar refractivity (Wildman–Crippen MR) is 98.5 cm³/mol. The Labute approximate surface area is 138 Å². The lowest BCUT2D eigenvalue weighted by Crippen LogP contribution is -2.22. The average molecular weight is 311 g/mol. The molecule has 0 saturated heterocycles. The molecule has 4 heteroatoms. The van der Waals surface area contributed by atoms with Crippen molar-refractivity contribution in [1.29, 1.82) is 0 Å². The van der Waals surface area contributed by atoms with Crippen LogP contribution in [-0.2, 0) is 6.42 Å². The molecule has 2 amide bonds. The molecule has 2 aromatic rings. The van der Waals surface area contributed by atoms with Gasteiger partial charge in [-0.2, -0.15) is 0 Å². The van der Waals surface area contributed by atoms with Crippen LogP contribution in [0.15, 0.2) is 48.5 Å². The molecule has 0 spiro atoms. The summed E-state index contributed by atoms with van der Waals surface area (Å²) >= 11 is 0. The molecule has 0 bridgehead atoms. The number of amides is 2. The zero-order valence-electron chi connectivity index (χ0n) is 14.1. The number of benzene rings is 2. The maximum Gasteiger partial charge on any atom is 0.323 e. The molecule has 0 saturated carbocycles. The summed E-state index contributed by atoms with van der Waals surface area (Å²) in [7, 11) is 0. The molecule has 0 unspecified atom stereocenters. The molecule has 0 fully saturated rings. The topological polar surface area (TPSA) is 44.4 Å². The van der Waals surface area contributed by atoms with E-state index in [0.717, 1.165) is 42.1 Å². The van der Waals surface area contributed by atoms with E-state index in [1.165, 1.54) is 0 Å². The van der Waals surface area contributed by atoms with Crippen LogP contribution in [0.2, 0.25) is 0 Å². The van der Waals surface area contributed by atoms with Crippen molar-refractivity contribution in [3.05, 3.63) is 54.1 Å². The first-order valence-corrected chi connectivity index (χ1v) is 8.18. The molecule has 4 nitrogen and oxygen atoms in total. The van der Waals surface area contributed by atoms with Crippen molar-refractivity contribution in [2.24, 2.45) is 0 Å². The van der Waals surface area contributed by atoms with Gasteiger partial charge < -0.3 is 15.5 Å². The number of para-hydroxylation sites is 1. The van der Waals surface area contributed by atoms with E-state index in [0.29, 0.717) is 0 Å². The molecule has 0 aliphatic carbocycles. The summed E-state index contributed by atoms with van der Waals surface area (Å²) in [5.41, 5.74) is 3.93. The largest absolute Gasteiger partial charge is 0.372 e. The van der Waals surface area contributed by atoms with Gasteiger partial charge in [0, 0.05) is 30.2 Å². The van der Waals surface area contributed by atoms with Gasteiger partial charge in [0.05, 0.1) is 0 Å². The van der Waals surface area contributed by atoms with Gasteiger partial charge in [-0.05, 0) is 56.2 Å². The SMILES string of the molecule is CCc1ccccc1NC(=O)Nc1ccc(N(CC)CC)cc1. The summed E-state index contributed by atoms with van der Waals surface area (Å²) in [6.07, 6.45) is 0.884. The third-order valence-electron chi connectivity index (χ3n) is 3.90. The lowest BCUT2D eigenvalue weighted by Gasteiger charge is -2.21. The maximum atomic E-state index is 12.1. The lowest BCUT2D eigenvalue weighted by molar-refractivity contribution is 0.262. The van der Waals surface area contributed by atoms with Crippen LogP contribution < -0.4 is 15.5 Å². The van der Waals surface area contributed by atoms with Gasteiger partial charge in [0.25, 0.3) is 0 Å². The number of carbonyl (C=O) groups excluding carboxylic acids is 1. The monoisotopic (exact) mass is 311 g/mol. The van der Waals surface area contributed by atoms with E-state index in [9.17, 15) is 4.79 Å². The van der Waals surface area contributed by atoms with Gasteiger partial charge >= 0.3 is 6.03 Å². The van der Waals surface area contributed by atoms with E-state index in [1.54, 1.807) is 0 Å². The number of carbonyl (C=O) groups is 1. The number of nitrogens with one attached hydrogen (secondary N) is 2. The number of aryl methyl sites for hydroxylation is 1. The fraction of sp³-hybridized carbons (Fsp3) is 0.316. The molecule has 2 N–H and O–H groups in total. The van der Waals surface area contributed by atoms with Crippen LogP contribution in [0.4, 0.5) is 21.9 Å². The number of hydrogen-bond acceptors (Lipinski definition) is 2. The third-order valence-corrected chi connectivity index (χ3v) is 3.90. The van der Waals surface area contributed by atoms with E-state index in [-0.39, 0.29) is 6.03 Å². The van der Waals surface area contributed by atoms with Crippen LogP contribution in [0.5, 0.6) is 0 Å². The van der Waals surface area contributed by atoms with Gasteiger partial charge in [-0.3, -0.25) is 0 Å². The molecule has 2 rings (SSSR count). The van der Waals surface area contributed by atoms with E-state index in [2.05, 4.69) is 36.3 Å². The highest BCUT2D eigenvalue weighted by molar-refractivity contribution is 6.00. The Morgan fingerprint density at radius 1 is 0.913 bits per heavy atom. The minimum absolute atomic E-state index is 0.221. The number of urea groups is 1. The summed E-state index contributed by atoms with van der Waals surface area (Å²) < 4.78 is 0. The Kier molecular flexibility index (Phi) is 6.03. The molecule has 23 heavy (non-hydrogen) atoms. The van der Waals surface area contributed by atoms with Crippen molar-refractivity contribution >= 4 is 23.1 Å². The zero-order chi connectivity index (χ0) is 16.7. The summed E-state index contributed by atoms with van der Waals surface area (Å²) in [5, 5.41) is 5.78. The summed E-state index contributed by atoms with van der Waals surface area (Å²) in [6.45, 7) is 8.28. The average Bonchev–Trinajstić information content (AvgIpc) is 2.58. The molecule has 0 heterocycles. The number of rotatable bonds is 6. The van der Waals surface area contributed by atoms with Crippen LogP contribution in [-0.4, -0.2) is 19.1 Å². The van der Waals surface area contributed by atoms with E-state index >= 15 is 0 Å². The maximum absolute atomic E-state index is 12.1. The molecule has 0 aliphatic rings. The van der Waals surface area contributed by atoms with E-state index in [4.69, 9.17) is 0 Å². The fourth-order valence-electron chi connectivity index (χ4n) is 2.58. The standard InChI is InChI=1S/C19H25N3O/c1-4-15-9-7-8-10-18(15)21-19(23)20-16-11-13-17(14-12-16)22(5-2)6-3/h7-14H,4-6H2,1-3H3,(H2,20,21,23). The minimum Gasteiger partial charge on any atom is -0.372 e. The smallest absolute Gasteiger partial charge is 0.323 e. The number of nitrogens with zero attached hydrogens (tertiary/aromatic N) is 1. The highest BCUT2D eigenvalue weighted by Crippen LogP contribution is 2.19. The quantitative estimate of drug-likeness (QED) is 0.809. The highest BCUT2D eigenvalue weighted by Gasteiger charge is 2.06. The van der Waals surface area contributed by atoms with Crippen molar-refractivity contribution in [2.45, 2.75) is 27.2 Å². The summed E-state index contributed by atoms with van der Waals surface area (Å²) in [6, 6.07) is 15.5. The fourth-order valence-corrected chi connectivity index (χ4v) is 2.58. The van der Waals surface area contributed by atoms with Crippen molar-refractivity contribution in [3.8, 4) is 0 Å². The predicted octanol–water partition coefficient (Wildman–Crippen LogP) is 4.74. The molecule has 2 aromatic carbocycles. The molecular weight excluding hydrogens is 286 g/mol. The normalized spacial score (nSPS) is 10.2. The first-order valence-electron chi connectivity index (χ1n) is 8.18. The Balaban J connectivity index is 2.00. The van der Waals surface area contributed by atoms with E-state index < -0.39 is 0 Å². The second-order valence-corrected chi connectivity index (χ2v) is 5.31. The van der Waals surface area contributed by atoms with Crippen molar-refractivity contribution in [1.82, 2.24) is 0 Å². The van der Waals surface area contributed by atoms with Crippen molar-refractivity contribution in [2.75, 3.05) is 28.6 Å². The van der Waals surface area contributed by atoms with Crippen LogP contribution in [0, 0.1) is 0 Å². The summed E-state index contributed by atoms with van der Waals surface area (Å²) in [5.74, 6) is 0. The van der Waals surface area contributed by atoms with Gasteiger partial charge in [-0.1, -0.05) is 25.1 Å². The molecule has 0 atom stereocenters. The van der Waals surface area contributed by atoms with Gasteiger partial charge in [0.2, 0.25) is 0 Å². The van der Waals surface area contributed by atoms with E-state index in [1.807, 2.05) is 48.5 Å². The van der Waals surface area contributed by atoms with Crippen LogP contribution >= 0.6 is 0 Å². The van der Waals surface area contributed by atoms with Crippen molar-refractivity contribution in [3.63, 3.8) is 0 Å². The molecule has 0 aromatic heterocycles. The van der Waals surface area contributed by atoms with Crippen LogP contribution in [0.3, 0.4) is 0 Å². The highest BCUT2D eigenvalue weighted by atomic mass is 16.2. The van der Waals surface area contributed by atoms with Gasteiger partial charge in [0.15, 0.2) is 0 Å². The Morgan fingerprint density at radius 2 is 1.57 bits per heavy atom. The zero-order valence-corrected chi connectivity index (χ0v) is 14.1. The first-order chi connectivity index (χ1) is 11.2. The molecule has 0 radical (unpaired) electrons. The lowest BCUT2D eigenvalue weighted by atomic mass is 10.1. The van der Waals surface area contributed by atoms with Gasteiger partial charge in [-0.25, -0.2) is 4.79 Å². The second kappa shape index (κ2) is 8.22. The van der Waals surface area contributed by atoms with Gasteiger partial charge in [0.1, 0.15) is 0 Å². The third kappa shape index (κ3) is 4.49. The summed E-state index contributed by atoms with van der Waals surface area (Å²) in [4.78, 5) is 14.4. The van der Waals surface area contributed by atoms with Gasteiger partial charge in [-0.15, -0.1) is 0 Å². The van der Waals surface area contributed by atoms with Crippen LogP contribution in [0.1, 0.15) is 26.3 Å². The Morgan fingerprint density at radius 3 is 2.17 bits per heavy atom. The van der Waals surface area contributed by atoms with Crippen LogP contribution in [0.25, 0.3) is 0 Å². The molecular formula is C19H25N3O. The Hall–Kier alpha value is -2.49. The first kappa shape index (κ1) is 16.9. The number of hydrogen-bond donors (Lipinski definition) is 2. The molecule has 122 valence electrons. The number of anilines is 3. The Bertz CT molecular complexity index is 633. The molecule has 0 aliphatic heterocycles. The minimum atomic E-state index is -0.221. The second-order valence-electron chi connectivity index (χ2n) is 5.31. The van der Waals surface area contributed by atoms with Crippen molar-refractivity contribution < 1.29 is 4.79 Å².